The van der Waals surface area contributed by atoms with Gasteiger partial charge in [-0.05, 0) is 60.9 Å². The fraction of sp³-hybridized carbons (Fsp3) is 0.273. The molecular weight excluding hydrogens is 432 g/mol. The van der Waals surface area contributed by atoms with Crippen molar-refractivity contribution in [3.05, 3.63) is 64.4 Å². The van der Waals surface area contributed by atoms with Gasteiger partial charge in [-0.3, -0.25) is 10.2 Å². The molecule has 2 aromatic rings. The molecule has 1 aromatic heterocycles. The maximum Gasteiger partial charge on any atom is 0.283 e. The molecule has 5 rings (SSSR count). The Hall–Kier alpha value is -2.84. The van der Waals surface area contributed by atoms with Crippen molar-refractivity contribution >= 4 is 51.5 Å². The average molecular weight is 453 g/mol. The van der Waals surface area contributed by atoms with Crippen LogP contribution in [-0.4, -0.2) is 49.6 Å². The minimum Gasteiger partial charge on any atom is -0.349 e. The van der Waals surface area contributed by atoms with E-state index in [0.29, 0.717) is 16.7 Å². The van der Waals surface area contributed by atoms with Gasteiger partial charge in [0.1, 0.15) is 0 Å². The number of carbonyl (C=O) groups is 1. The lowest BCUT2D eigenvalue weighted by Crippen LogP contribution is -2.35. The van der Waals surface area contributed by atoms with Gasteiger partial charge in [-0.25, -0.2) is 0 Å². The van der Waals surface area contributed by atoms with Crippen LogP contribution in [0.25, 0.3) is 6.08 Å². The first kappa shape index (κ1) is 20.1. The molecular formula is C22H21ClN6OS. The summed E-state index contributed by atoms with van der Waals surface area (Å²) in [4.78, 5) is 19.2. The molecule has 0 radical (unpaired) electrons. The Bertz CT molecular complexity index is 1140. The number of likely N-dealkylation sites (tertiary alicyclic amines) is 1. The highest BCUT2D eigenvalue weighted by molar-refractivity contribution is 8.26. The molecule has 3 aliphatic heterocycles. The lowest BCUT2D eigenvalue weighted by Gasteiger charge is -2.26. The summed E-state index contributed by atoms with van der Waals surface area (Å²) in [5.74, 6) is -0.357. The number of rotatable bonds is 3. The van der Waals surface area contributed by atoms with E-state index in [9.17, 15) is 4.79 Å². The second-order valence-electron chi connectivity index (χ2n) is 7.60. The van der Waals surface area contributed by atoms with E-state index in [2.05, 4.69) is 15.0 Å². The summed E-state index contributed by atoms with van der Waals surface area (Å²) in [7, 11) is 0. The van der Waals surface area contributed by atoms with Crippen LogP contribution in [0.4, 0.5) is 0 Å². The highest BCUT2D eigenvalue weighted by atomic mass is 35.5. The highest BCUT2D eigenvalue weighted by Crippen LogP contribution is 2.30. The number of amidine groups is 3. The summed E-state index contributed by atoms with van der Waals surface area (Å²) in [6.45, 7) is 2.47. The third-order valence-corrected chi connectivity index (χ3v) is 6.86. The molecule has 0 saturated carbocycles. The number of hydrogen-bond acceptors (Lipinski definition) is 5. The zero-order chi connectivity index (χ0) is 21.4. The second-order valence-corrected chi connectivity index (χ2v) is 8.94. The van der Waals surface area contributed by atoms with Gasteiger partial charge >= 0.3 is 0 Å². The Kier molecular flexibility index (Phi) is 5.41. The molecule has 4 heterocycles. The van der Waals surface area contributed by atoms with Crippen LogP contribution in [0, 0.1) is 5.41 Å². The molecule has 158 valence electrons. The SMILES string of the molecule is N=C1/C(=C\c2cccn2Cc2ccccc2Cl)C(=O)N=C2SC(N3CCCCC3)=NN12. The third-order valence-electron chi connectivity index (χ3n) is 5.53. The molecule has 3 aliphatic rings. The number of halogens is 1. The number of thioether (sulfide) groups is 1. The van der Waals surface area contributed by atoms with Gasteiger partial charge in [0.15, 0.2) is 11.0 Å². The van der Waals surface area contributed by atoms with E-state index in [1.807, 2.05) is 47.2 Å². The van der Waals surface area contributed by atoms with E-state index < -0.39 is 5.91 Å². The van der Waals surface area contributed by atoms with Gasteiger partial charge in [0.25, 0.3) is 5.91 Å². The normalized spacial score (nSPS) is 20.2. The van der Waals surface area contributed by atoms with Gasteiger partial charge < -0.3 is 9.47 Å². The Morgan fingerprint density at radius 2 is 1.90 bits per heavy atom. The zero-order valence-corrected chi connectivity index (χ0v) is 18.4. The molecule has 1 fully saturated rings. The third kappa shape index (κ3) is 3.93. The monoisotopic (exact) mass is 452 g/mol. The number of nitrogens with zero attached hydrogens (tertiary/aromatic N) is 5. The van der Waals surface area contributed by atoms with Gasteiger partial charge in [-0.15, -0.1) is 5.10 Å². The molecule has 31 heavy (non-hydrogen) atoms. The van der Waals surface area contributed by atoms with Gasteiger partial charge in [-0.2, -0.15) is 10.0 Å². The molecule has 1 amide bonds. The summed E-state index contributed by atoms with van der Waals surface area (Å²) in [6.07, 6.45) is 7.14. The Morgan fingerprint density at radius 3 is 2.71 bits per heavy atom. The molecule has 1 aromatic carbocycles. The largest absolute Gasteiger partial charge is 0.349 e. The van der Waals surface area contributed by atoms with Crippen LogP contribution in [0.5, 0.6) is 0 Å². The Morgan fingerprint density at radius 1 is 1.10 bits per heavy atom. The number of aromatic nitrogens is 1. The number of carbonyl (C=O) groups excluding carboxylic acids is 1. The van der Waals surface area contributed by atoms with Crippen molar-refractivity contribution in [1.29, 1.82) is 5.41 Å². The fourth-order valence-electron chi connectivity index (χ4n) is 3.86. The van der Waals surface area contributed by atoms with E-state index in [1.165, 1.54) is 23.2 Å². The maximum atomic E-state index is 12.7. The number of fused-ring (bicyclic) bond motifs is 1. The fourth-order valence-corrected chi connectivity index (χ4v) is 5.00. The molecule has 0 aliphatic carbocycles. The van der Waals surface area contributed by atoms with Gasteiger partial charge in [-0.1, -0.05) is 29.8 Å². The minimum absolute atomic E-state index is 0.0556. The van der Waals surface area contributed by atoms with E-state index in [0.717, 1.165) is 42.4 Å². The second kappa shape index (κ2) is 8.36. The van der Waals surface area contributed by atoms with Crippen LogP contribution in [0.3, 0.4) is 0 Å². The topological polar surface area (TPSA) is 77.0 Å². The summed E-state index contributed by atoms with van der Waals surface area (Å²) in [5.41, 5.74) is 2.02. The average Bonchev–Trinajstić information content (AvgIpc) is 3.40. The molecule has 0 atom stereocenters. The van der Waals surface area contributed by atoms with Gasteiger partial charge in [0.2, 0.25) is 5.17 Å². The van der Waals surface area contributed by atoms with Crippen LogP contribution in [0.15, 0.2) is 58.3 Å². The van der Waals surface area contributed by atoms with Gasteiger partial charge in [0.05, 0.1) is 5.57 Å². The quantitative estimate of drug-likeness (QED) is 0.706. The number of amides is 1. The molecule has 1 saturated heterocycles. The van der Waals surface area contributed by atoms with Crippen LogP contribution in [-0.2, 0) is 11.3 Å². The molecule has 9 heteroatoms. The summed E-state index contributed by atoms with van der Waals surface area (Å²) in [6, 6.07) is 11.5. The van der Waals surface area contributed by atoms with Gasteiger partial charge in [0, 0.05) is 36.5 Å². The van der Waals surface area contributed by atoms with E-state index in [-0.39, 0.29) is 11.4 Å². The molecule has 0 unspecified atom stereocenters. The summed E-state index contributed by atoms with van der Waals surface area (Å²) in [5, 5.41) is 16.7. The van der Waals surface area contributed by atoms with Crippen molar-refractivity contribution in [1.82, 2.24) is 14.5 Å². The van der Waals surface area contributed by atoms with E-state index in [4.69, 9.17) is 17.0 Å². The lowest BCUT2D eigenvalue weighted by molar-refractivity contribution is -0.114. The molecule has 1 N–H and O–H groups in total. The molecule has 7 nitrogen and oxygen atoms in total. The smallest absolute Gasteiger partial charge is 0.283 e. The first-order chi connectivity index (χ1) is 15.1. The van der Waals surface area contributed by atoms with E-state index >= 15 is 0 Å². The first-order valence-electron chi connectivity index (χ1n) is 10.2. The zero-order valence-electron chi connectivity index (χ0n) is 16.8. The summed E-state index contributed by atoms with van der Waals surface area (Å²) >= 11 is 7.68. The Balaban J connectivity index is 1.41. The van der Waals surface area contributed by atoms with Crippen molar-refractivity contribution in [2.45, 2.75) is 25.8 Å². The maximum absolute atomic E-state index is 12.7. The van der Waals surface area contributed by atoms with Crippen molar-refractivity contribution in [2.75, 3.05) is 13.1 Å². The number of hydrogen-bond donors (Lipinski definition) is 1. The van der Waals surface area contributed by atoms with Crippen molar-refractivity contribution in [2.24, 2.45) is 10.1 Å². The minimum atomic E-state index is -0.413. The summed E-state index contributed by atoms with van der Waals surface area (Å²) < 4.78 is 2.00. The first-order valence-corrected chi connectivity index (χ1v) is 11.4. The Labute approximate surface area is 189 Å². The molecule has 0 spiro atoms. The van der Waals surface area contributed by atoms with Crippen molar-refractivity contribution < 1.29 is 4.79 Å². The predicted octanol–water partition coefficient (Wildman–Crippen LogP) is 4.25. The van der Waals surface area contributed by atoms with Crippen LogP contribution in [0.2, 0.25) is 5.02 Å². The number of benzene rings is 1. The molecule has 0 bridgehead atoms. The number of hydrazone groups is 1. The van der Waals surface area contributed by atoms with Crippen LogP contribution >= 0.6 is 23.4 Å². The number of nitrogens with one attached hydrogen (secondary N) is 1. The lowest BCUT2D eigenvalue weighted by atomic mass is 10.1. The number of aliphatic imine (C=N–C) groups is 1. The van der Waals surface area contributed by atoms with Crippen molar-refractivity contribution in [3.8, 4) is 0 Å². The standard InChI is InChI=1S/C22H21ClN6OS/c23-18-9-3-2-7-15(18)14-28-12-6-8-16(28)13-17-19(24)29-21(25-20(17)30)31-22(26-29)27-10-4-1-5-11-27/h2-3,6-9,12-13,24H,1,4-5,10-11,14H2/b17-13+,24-19?. The van der Waals surface area contributed by atoms with Crippen LogP contribution < -0.4 is 0 Å². The van der Waals surface area contributed by atoms with Crippen LogP contribution in [0.1, 0.15) is 30.5 Å². The predicted molar refractivity (Wildman–Crippen MR) is 125 cm³/mol. The van der Waals surface area contributed by atoms with Crippen molar-refractivity contribution in [3.63, 3.8) is 0 Å². The number of piperidine rings is 1. The van der Waals surface area contributed by atoms with E-state index in [1.54, 1.807) is 6.08 Å². The highest BCUT2D eigenvalue weighted by Gasteiger charge is 2.37.